The van der Waals surface area contributed by atoms with Crippen LogP contribution in [0, 0.1) is 0 Å². The third-order valence-corrected chi connectivity index (χ3v) is 4.92. The highest BCUT2D eigenvalue weighted by molar-refractivity contribution is 9.10. The number of nitrogens with two attached hydrogens (primary N) is 1. The predicted octanol–water partition coefficient (Wildman–Crippen LogP) is 1.75. The third kappa shape index (κ3) is 6.70. The fraction of sp³-hybridized carbons (Fsp3) is 0.529. The number of hydrogen-bond acceptors (Lipinski definition) is 4. The van der Waals surface area contributed by atoms with E-state index in [1.54, 1.807) is 6.92 Å². The van der Waals surface area contributed by atoms with Crippen LogP contribution in [0.5, 0.6) is 0 Å². The van der Waals surface area contributed by atoms with Gasteiger partial charge in [0.15, 0.2) is 0 Å². The lowest BCUT2D eigenvalue weighted by Crippen LogP contribution is -2.50. The number of hydrogen-bond donors (Lipinski definition) is 2. The summed E-state index contributed by atoms with van der Waals surface area (Å²) in [6.45, 7) is 5.25. The van der Waals surface area contributed by atoms with Gasteiger partial charge < -0.3 is 20.9 Å². The molecule has 26 heavy (non-hydrogen) atoms. The van der Waals surface area contributed by atoms with Crippen molar-refractivity contribution >= 4 is 52.6 Å². The van der Waals surface area contributed by atoms with E-state index < -0.39 is 5.54 Å². The third-order valence-electron chi connectivity index (χ3n) is 4.40. The Kier molecular flexibility index (Phi) is 10.7. The maximum absolute atomic E-state index is 12.4. The number of nitrogens with one attached hydrogen (secondary N) is 1. The Morgan fingerprint density at radius 3 is 2.23 bits per heavy atom. The molecule has 1 heterocycles. The second kappa shape index (κ2) is 11.1. The van der Waals surface area contributed by atoms with Crippen molar-refractivity contribution in [3.05, 3.63) is 34.3 Å². The Morgan fingerprint density at radius 2 is 1.69 bits per heavy atom. The van der Waals surface area contributed by atoms with E-state index in [0.717, 1.165) is 36.2 Å². The van der Waals surface area contributed by atoms with Crippen molar-refractivity contribution in [3.8, 4) is 0 Å². The number of likely N-dealkylation sites (N-methyl/N-ethyl adjacent to an activating group) is 1. The van der Waals surface area contributed by atoms with Gasteiger partial charge in [-0.25, -0.2) is 0 Å². The van der Waals surface area contributed by atoms with Crippen LogP contribution in [-0.2, 0) is 15.1 Å². The molecule has 1 fully saturated rings. The standard InChI is InChI=1S/C17H25BrN4O2.2ClH/c1-17(19,13-3-5-14(18)6-4-13)16(24)20-8-7-15(23)22-11-9-21(2)10-12-22;;/h3-6H,7-12,19H2,1-2H3,(H,20,24);2*1H. The molecule has 0 spiro atoms. The number of halogens is 3. The van der Waals surface area contributed by atoms with Gasteiger partial charge in [-0.3, -0.25) is 9.59 Å². The molecule has 0 bridgehead atoms. The molecule has 1 unspecified atom stereocenters. The van der Waals surface area contributed by atoms with Crippen molar-refractivity contribution in [1.82, 2.24) is 15.1 Å². The van der Waals surface area contributed by atoms with E-state index in [9.17, 15) is 9.59 Å². The monoisotopic (exact) mass is 468 g/mol. The van der Waals surface area contributed by atoms with Crippen molar-refractivity contribution in [2.45, 2.75) is 18.9 Å². The first-order valence-electron chi connectivity index (χ1n) is 8.10. The first kappa shape index (κ1) is 25.1. The lowest BCUT2D eigenvalue weighted by molar-refractivity contribution is -0.132. The summed E-state index contributed by atoms with van der Waals surface area (Å²) in [6.07, 6.45) is 0.297. The average molecular weight is 470 g/mol. The van der Waals surface area contributed by atoms with E-state index in [1.165, 1.54) is 0 Å². The fourth-order valence-electron chi connectivity index (χ4n) is 2.61. The van der Waals surface area contributed by atoms with E-state index in [0.29, 0.717) is 13.0 Å². The van der Waals surface area contributed by atoms with Crippen LogP contribution in [0.25, 0.3) is 0 Å². The Bertz CT molecular complexity index is 591. The number of carbonyl (C=O) groups is 2. The molecular weight excluding hydrogens is 443 g/mol. The molecule has 1 aromatic rings. The molecule has 1 saturated heterocycles. The summed E-state index contributed by atoms with van der Waals surface area (Å²) >= 11 is 3.36. The van der Waals surface area contributed by atoms with Gasteiger partial charge in [-0.15, -0.1) is 24.8 Å². The van der Waals surface area contributed by atoms with Gasteiger partial charge in [0.2, 0.25) is 11.8 Å². The molecule has 6 nitrogen and oxygen atoms in total. The van der Waals surface area contributed by atoms with Gasteiger partial charge >= 0.3 is 0 Å². The summed E-state index contributed by atoms with van der Waals surface area (Å²) in [4.78, 5) is 28.6. The largest absolute Gasteiger partial charge is 0.354 e. The molecule has 1 aliphatic heterocycles. The van der Waals surface area contributed by atoms with E-state index in [4.69, 9.17) is 5.73 Å². The molecule has 1 aromatic carbocycles. The molecule has 0 radical (unpaired) electrons. The van der Waals surface area contributed by atoms with E-state index in [2.05, 4.69) is 26.1 Å². The Hall–Kier alpha value is -0.860. The van der Waals surface area contributed by atoms with Crippen LogP contribution >= 0.6 is 40.7 Å². The zero-order chi connectivity index (χ0) is 17.7. The number of amides is 2. The molecule has 0 saturated carbocycles. The second-order valence-electron chi connectivity index (χ2n) is 6.40. The van der Waals surface area contributed by atoms with Crippen LogP contribution in [0.15, 0.2) is 28.7 Å². The fourth-order valence-corrected chi connectivity index (χ4v) is 2.87. The molecule has 0 aliphatic carbocycles. The minimum absolute atomic E-state index is 0. The summed E-state index contributed by atoms with van der Waals surface area (Å²) in [5.74, 6) is -0.207. The highest BCUT2D eigenvalue weighted by atomic mass is 79.9. The van der Waals surface area contributed by atoms with Gasteiger partial charge in [-0.2, -0.15) is 0 Å². The van der Waals surface area contributed by atoms with Crippen LogP contribution in [0.2, 0.25) is 0 Å². The van der Waals surface area contributed by atoms with Gasteiger partial charge in [0.1, 0.15) is 5.54 Å². The average Bonchev–Trinajstić information content (AvgIpc) is 2.55. The van der Waals surface area contributed by atoms with E-state index >= 15 is 0 Å². The molecule has 0 aromatic heterocycles. The number of nitrogens with zero attached hydrogens (tertiary/aromatic N) is 2. The summed E-state index contributed by atoms with van der Waals surface area (Å²) in [6, 6.07) is 7.34. The van der Waals surface area contributed by atoms with Crippen LogP contribution in [0.4, 0.5) is 0 Å². The number of rotatable bonds is 5. The highest BCUT2D eigenvalue weighted by Gasteiger charge is 2.30. The maximum Gasteiger partial charge on any atom is 0.244 e. The molecule has 148 valence electrons. The molecule has 1 aliphatic rings. The van der Waals surface area contributed by atoms with Gasteiger partial charge in [0.25, 0.3) is 0 Å². The SMILES string of the molecule is CN1CCN(C(=O)CCNC(=O)C(C)(N)c2ccc(Br)cc2)CC1.Cl.Cl. The second-order valence-corrected chi connectivity index (χ2v) is 7.31. The van der Waals surface area contributed by atoms with Crippen LogP contribution in [0.3, 0.4) is 0 Å². The van der Waals surface area contributed by atoms with Crippen molar-refractivity contribution < 1.29 is 9.59 Å². The first-order valence-corrected chi connectivity index (χ1v) is 8.89. The minimum Gasteiger partial charge on any atom is -0.354 e. The molecule has 2 rings (SSSR count). The zero-order valence-electron chi connectivity index (χ0n) is 15.0. The summed E-state index contributed by atoms with van der Waals surface area (Å²) < 4.78 is 0.931. The molecule has 2 amide bonds. The lowest BCUT2D eigenvalue weighted by atomic mass is 9.92. The van der Waals surface area contributed by atoms with Crippen molar-refractivity contribution in [2.75, 3.05) is 39.8 Å². The highest BCUT2D eigenvalue weighted by Crippen LogP contribution is 2.20. The summed E-state index contributed by atoms with van der Waals surface area (Å²) in [7, 11) is 2.05. The normalized spacial score (nSPS) is 16.7. The number of benzene rings is 1. The van der Waals surface area contributed by atoms with Crippen LogP contribution < -0.4 is 11.1 Å². The maximum atomic E-state index is 12.4. The summed E-state index contributed by atoms with van der Waals surface area (Å²) in [5, 5.41) is 2.78. The van der Waals surface area contributed by atoms with Crippen molar-refractivity contribution in [2.24, 2.45) is 5.73 Å². The molecule has 1 atom stereocenters. The zero-order valence-corrected chi connectivity index (χ0v) is 18.3. The van der Waals surface area contributed by atoms with Gasteiger partial charge in [-0.05, 0) is 31.7 Å². The predicted molar refractivity (Wildman–Crippen MR) is 112 cm³/mol. The topological polar surface area (TPSA) is 78.7 Å². The van der Waals surface area contributed by atoms with Gasteiger partial charge in [0, 0.05) is 43.6 Å². The number of piperazine rings is 1. The number of carbonyl (C=O) groups excluding carboxylic acids is 2. The summed E-state index contributed by atoms with van der Waals surface area (Å²) in [5.41, 5.74) is 5.78. The van der Waals surface area contributed by atoms with Crippen LogP contribution in [-0.4, -0.2) is 61.4 Å². The Balaban J connectivity index is 0.00000312. The van der Waals surface area contributed by atoms with Gasteiger partial charge in [0.05, 0.1) is 0 Å². The Morgan fingerprint density at radius 1 is 1.15 bits per heavy atom. The molecule has 3 N–H and O–H groups in total. The lowest BCUT2D eigenvalue weighted by Gasteiger charge is -2.32. The van der Waals surface area contributed by atoms with E-state index in [1.807, 2.05) is 36.2 Å². The molecule has 9 heteroatoms. The quantitative estimate of drug-likeness (QED) is 0.688. The van der Waals surface area contributed by atoms with Crippen molar-refractivity contribution in [3.63, 3.8) is 0 Å². The first-order chi connectivity index (χ1) is 11.3. The van der Waals surface area contributed by atoms with Gasteiger partial charge in [-0.1, -0.05) is 28.1 Å². The van der Waals surface area contributed by atoms with Crippen LogP contribution in [0.1, 0.15) is 18.9 Å². The molecular formula is C17H27BrCl2N4O2. The minimum atomic E-state index is -1.13. The van der Waals surface area contributed by atoms with E-state index in [-0.39, 0.29) is 36.6 Å². The smallest absolute Gasteiger partial charge is 0.244 e. The Labute approximate surface area is 175 Å². The van der Waals surface area contributed by atoms with Crippen molar-refractivity contribution in [1.29, 1.82) is 0 Å².